The summed E-state index contributed by atoms with van der Waals surface area (Å²) >= 11 is 1.71. The average molecular weight is 326 g/mol. The highest BCUT2D eigenvalue weighted by atomic mass is 32.1. The molecule has 0 radical (unpaired) electrons. The second kappa shape index (κ2) is 6.46. The van der Waals surface area contributed by atoms with Gasteiger partial charge in [0.25, 0.3) is 0 Å². The van der Waals surface area contributed by atoms with E-state index in [1.54, 1.807) is 11.3 Å². The molecule has 5 rings (SSSR count). The van der Waals surface area contributed by atoms with Crippen molar-refractivity contribution in [1.29, 1.82) is 0 Å². The summed E-state index contributed by atoms with van der Waals surface area (Å²) in [7, 11) is 0. The maximum absolute atomic E-state index is 2.29. The Bertz CT molecular complexity index is 811. The monoisotopic (exact) mass is 326 g/mol. The van der Waals surface area contributed by atoms with Gasteiger partial charge in [0.2, 0.25) is 0 Å². The summed E-state index contributed by atoms with van der Waals surface area (Å²) in [6, 6.07) is 25.6. The van der Waals surface area contributed by atoms with Gasteiger partial charge in [0, 0.05) is 0 Å². The summed E-state index contributed by atoms with van der Waals surface area (Å²) in [5, 5.41) is 4.08. The maximum atomic E-state index is 2.29. The molecule has 0 nitrogen and oxygen atoms in total. The summed E-state index contributed by atoms with van der Waals surface area (Å²) in [6.07, 6.45) is 8.90. The number of hydrogen-bond donors (Lipinski definition) is 0. The van der Waals surface area contributed by atoms with Crippen LogP contribution in [-0.2, 0) is 5.41 Å². The van der Waals surface area contributed by atoms with Gasteiger partial charge in [-0.25, -0.2) is 0 Å². The number of fused-ring (bicyclic) bond motifs is 2. The first-order valence-corrected chi connectivity index (χ1v) is 9.06. The van der Waals surface area contributed by atoms with Gasteiger partial charge in [-0.1, -0.05) is 97.1 Å². The fourth-order valence-corrected chi connectivity index (χ4v) is 3.96. The quantitative estimate of drug-likeness (QED) is 0.529. The summed E-state index contributed by atoms with van der Waals surface area (Å²) in [5.41, 5.74) is 5.45. The smallest absolute Gasteiger partial charge is 0.0701 e. The molecule has 2 aliphatic rings. The van der Waals surface area contributed by atoms with E-state index in [1.165, 1.54) is 22.3 Å². The van der Waals surface area contributed by atoms with E-state index in [9.17, 15) is 0 Å². The van der Waals surface area contributed by atoms with Crippen molar-refractivity contribution in [2.75, 3.05) is 0 Å². The number of allylic oxidation sites excluding steroid dienone is 6. The summed E-state index contributed by atoms with van der Waals surface area (Å²) in [5.74, 6) is 0. The molecule has 116 valence electrons. The molecule has 0 atom stereocenters. The first-order chi connectivity index (χ1) is 11.9. The van der Waals surface area contributed by atoms with Crippen LogP contribution < -0.4 is 0 Å². The predicted octanol–water partition coefficient (Wildman–Crippen LogP) is 6.16. The normalized spacial score (nSPS) is 16.2. The first kappa shape index (κ1) is 14.9. The highest BCUT2D eigenvalue weighted by Crippen LogP contribution is 2.54. The molecular formula is C23H18S. The highest BCUT2D eigenvalue weighted by molar-refractivity contribution is 7.07. The lowest BCUT2D eigenvalue weighted by molar-refractivity contribution is 0.687. The number of benzene rings is 2. The molecule has 0 N–H and O–H groups in total. The molecule has 1 heterocycles. The Morgan fingerprint density at radius 3 is 1.58 bits per heavy atom. The Kier molecular flexibility index (Phi) is 4.02. The zero-order valence-corrected chi connectivity index (χ0v) is 14.1. The number of rotatable bonds is 2. The summed E-state index contributed by atoms with van der Waals surface area (Å²) in [4.78, 5) is 0. The molecule has 0 fully saturated rings. The van der Waals surface area contributed by atoms with E-state index in [2.05, 4.69) is 85.0 Å². The van der Waals surface area contributed by atoms with Crippen LogP contribution in [0.15, 0.2) is 119 Å². The maximum Gasteiger partial charge on any atom is 0.0701 e. The van der Waals surface area contributed by atoms with Crippen molar-refractivity contribution in [1.82, 2.24) is 0 Å². The van der Waals surface area contributed by atoms with Gasteiger partial charge in [-0.05, 0) is 33.0 Å². The third-order valence-electron chi connectivity index (χ3n) is 4.57. The number of thiophene rings is 1. The second-order valence-electron chi connectivity index (χ2n) is 5.86. The van der Waals surface area contributed by atoms with E-state index in [4.69, 9.17) is 0 Å². The van der Waals surface area contributed by atoms with E-state index in [0.29, 0.717) is 0 Å². The van der Waals surface area contributed by atoms with E-state index in [1.807, 2.05) is 22.9 Å². The Morgan fingerprint density at radius 1 is 0.625 bits per heavy atom. The minimum Gasteiger partial charge on any atom is -0.152 e. The molecule has 1 heteroatoms. The van der Waals surface area contributed by atoms with Gasteiger partial charge in [-0.3, -0.25) is 0 Å². The van der Waals surface area contributed by atoms with Crippen LogP contribution in [0.4, 0.5) is 0 Å². The molecule has 0 amide bonds. The van der Waals surface area contributed by atoms with Crippen molar-refractivity contribution in [2.45, 2.75) is 5.41 Å². The second-order valence-corrected chi connectivity index (χ2v) is 6.67. The zero-order chi connectivity index (χ0) is 16.2. The van der Waals surface area contributed by atoms with Crippen molar-refractivity contribution in [3.8, 4) is 0 Å². The minimum absolute atomic E-state index is 0.0444. The van der Waals surface area contributed by atoms with E-state index < -0.39 is 0 Å². The van der Waals surface area contributed by atoms with Crippen LogP contribution in [-0.4, -0.2) is 0 Å². The summed E-state index contributed by atoms with van der Waals surface area (Å²) < 4.78 is 0. The van der Waals surface area contributed by atoms with Crippen LogP contribution in [0.2, 0.25) is 0 Å². The molecule has 2 aromatic carbocycles. The van der Waals surface area contributed by atoms with Gasteiger partial charge in [-0.2, -0.15) is 11.3 Å². The topological polar surface area (TPSA) is 0 Å². The lowest BCUT2D eigenvalue weighted by atomic mass is 9.56. The van der Waals surface area contributed by atoms with Crippen molar-refractivity contribution in [3.05, 3.63) is 130 Å². The molecule has 2 aliphatic carbocycles. The van der Waals surface area contributed by atoms with Gasteiger partial charge < -0.3 is 0 Å². The summed E-state index contributed by atoms with van der Waals surface area (Å²) in [6.45, 7) is 0. The Hall–Kier alpha value is -2.64. The van der Waals surface area contributed by atoms with Crippen LogP contribution in [0.25, 0.3) is 0 Å². The van der Waals surface area contributed by atoms with Gasteiger partial charge in [0.05, 0.1) is 5.41 Å². The third-order valence-corrected chi connectivity index (χ3v) is 5.20. The van der Waals surface area contributed by atoms with E-state index in [0.717, 1.165) is 0 Å². The van der Waals surface area contributed by atoms with Crippen molar-refractivity contribution >= 4 is 11.3 Å². The molecule has 0 unspecified atom stereocenters. The van der Waals surface area contributed by atoms with Crippen molar-refractivity contribution in [2.24, 2.45) is 0 Å². The van der Waals surface area contributed by atoms with Gasteiger partial charge >= 0.3 is 0 Å². The van der Waals surface area contributed by atoms with Gasteiger partial charge in [0.1, 0.15) is 0 Å². The van der Waals surface area contributed by atoms with Crippen LogP contribution >= 0.6 is 11.3 Å². The molecule has 1 aromatic heterocycles. The van der Waals surface area contributed by atoms with Crippen LogP contribution in [0.3, 0.4) is 0 Å². The standard InChI is InChI=1S/C19H14.C4H4S/c1-3-8-15(9-4-1)19(16-10-5-2-6-11-16)17-12-7-13-18(19)14-17;1-2-4-5-3-1/h1-14H;1-4H. The SMILES string of the molecule is c1ccc(C2(c3ccccc3)c3cccc2c3)cc1.c1ccsc1. The molecule has 24 heavy (non-hydrogen) atoms. The average Bonchev–Trinajstić information content (AvgIpc) is 3.25. The van der Waals surface area contributed by atoms with E-state index in [-0.39, 0.29) is 5.41 Å². The molecule has 0 saturated carbocycles. The number of hydrogen-bond acceptors (Lipinski definition) is 1. The Morgan fingerprint density at radius 2 is 1.21 bits per heavy atom. The predicted molar refractivity (Wildman–Crippen MR) is 103 cm³/mol. The molecular weight excluding hydrogens is 308 g/mol. The molecule has 0 saturated heterocycles. The van der Waals surface area contributed by atoms with Crippen molar-refractivity contribution < 1.29 is 0 Å². The minimum atomic E-state index is -0.0444. The van der Waals surface area contributed by atoms with Crippen molar-refractivity contribution in [3.63, 3.8) is 0 Å². The van der Waals surface area contributed by atoms with Crippen LogP contribution in [0, 0.1) is 0 Å². The molecule has 3 aromatic rings. The largest absolute Gasteiger partial charge is 0.152 e. The Labute approximate surface area is 147 Å². The van der Waals surface area contributed by atoms with E-state index >= 15 is 0 Å². The van der Waals surface area contributed by atoms with Crippen LogP contribution in [0.1, 0.15) is 11.1 Å². The lowest BCUT2D eigenvalue weighted by Gasteiger charge is -2.46. The third kappa shape index (κ3) is 2.38. The zero-order valence-electron chi connectivity index (χ0n) is 13.3. The molecule has 2 bridgehead atoms. The highest BCUT2D eigenvalue weighted by Gasteiger charge is 2.46. The van der Waals surface area contributed by atoms with Gasteiger partial charge in [-0.15, -0.1) is 0 Å². The fraction of sp³-hybridized carbons (Fsp3) is 0.0435. The van der Waals surface area contributed by atoms with Crippen LogP contribution in [0.5, 0.6) is 0 Å². The fourth-order valence-electron chi connectivity index (χ4n) is 3.51. The Balaban J connectivity index is 0.000000252. The lowest BCUT2D eigenvalue weighted by Crippen LogP contribution is -2.39. The molecule has 0 spiro atoms. The van der Waals surface area contributed by atoms with Gasteiger partial charge in [0.15, 0.2) is 0 Å². The molecule has 0 aliphatic heterocycles. The first-order valence-electron chi connectivity index (χ1n) is 8.11.